The van der Waals surface area contributed by atoms with Gasteiger partial charge in [0.15, 0.2) is 0 Å². The molecule has 2 aliphatic rings. The molecule has 0 aromatic heterocycles. The highest BCUT2D eigenvalue weighted by Gasteiger charge is 2.39. The molecule has 0 bridgehead atoms. The topological polar surface area (TPSA) is 58.6 Å². The van der Waals surface area contributed by atoms with Gasteiger partial charge in [-0.25, -0.2) is 8.42 Å². The normalized spacial score (nSPS) is 21.8. The van der Waals surface area contributed by atoms with E-state index in [1.165, 1.54) is 4.31 Å². The van der Waals surface area contributed by atoms with Crippen LogP contribution in [0.4, 0.5) is 5.69 Å². The molecule has 0 saturated heterocycles. The number of fused-ring (bicyclic) bond motifs is 3. The molecule has 0 radical (unpaired) electrons. The van der Waals surface area contributed by atoms with Crippen LogP contribution in [0.5, 0.6) is 5.75 Å². The van der Waals surface area contributed by atoms with Crippen molar-refractivity contribution in [2.75, 3.05) is 25.5 Å². The van der Waals surface area contributed by atoms with Crippen LogP contribution in [0.25, 0.3) is 0 Å². The molecular formula is C25H28N2O3S. The van der Waals surface area contributed by atoms with Gasteiger partial charge >= 0.3 is 0 Å². The second-order valence-corrected chi connectivity index (χ2v) is 9.80. The van der Waals surface area contributed by atoms with Gasteiger partial charge in [0.25, 0.3) is 0 Å². The Hall–Kier alpha value is -2.83. The minimum atomic E-state index is -3.64. The van der Waals surface area contributed by atoms with Crippen molar-refractivity contribution in [2.24, 2.45) is 5.92 Å². The monoisotopic (exact) mass is 436 g/mol. The molecule has 0 amide bonds. The predicted octanol–water partition coefficient (Wildman–Crippen LogP) is 4.88. The molecule has 2 aromatic carbocycles. The van der Waals surface area contributed by atoms with Gasteiger partial charge in [-0.15, -0.1) is 13.2 Å². The molecule has 1 aliphatic carbocycles. The Labute approximate surface area is 184 Å². The lowest BCUT2D eigenvalue weighted by Gasteiger charge is -2.38. The van der Waals surface area contributed by atoms with E-state index in [9.17, 15) is 8.42 Å². The Morgan fingerprint density at radius 3 is 2.58 bits per heavy atom. The van der Waals surface area contributed by atoms with Crippen molar-refractivity contribution in [3.8, 4) is 5.75 Å². The van der Waals surface area contributed by atoms with Crippen LogP contribution < -0.4 is 10.1 Å². The summed E-state index contributed by atoms with van der Waals surface area (Å²) in [5.41, 5.74) is 3.10. The fourth-order valence-electron chi connectivity index (χ4n) is 4.67. The first kappa shape index (κ1) is 21.4. The highest BCUT2D eigenvalue weighted by molar-refractivity contribution is 7.89. The molecule has 0 spiro atoms. The van der Waals surface area contributed by atoms with E-state index in [2.05, 4.69) is 36.7 Å². The molecule has 31 heavy (non-hydrogen) atoms. The Bertz CT molecular complexity index is 1110. The lowest BCUT2D eigenvalue weighted by Crippen LogP contribution is -2.32. The van der Waals surface area contributed by atoms with Crippen LogP contribution in [0, 0.1) is 5.92 Å². The molecule has 2 aromatic rings. The Balaban J connectivity index is 1.74. The third-order valence-corrected chi connectivity index (χ3v) is 7.94. The van der Waals surface area contributed by atoms with Crippen LogP contribution >= 0.6 is 0 Å². The predicted molar refractivity (Wildman–Crippen MR) is 125 cm³/mol. The number of nitrogens with zero attached hydrogens (tertiary/aromatic N) is 1. The molecule has 6 heteroatoms. The fraction of sp³-hybridized carbons (Fsp3) is 0.280. The molecule has 0 fully saturated rings. The maximum Gasteiger partial charge on any atom is 0.243 e. The van der Waals surface area contributed by atoms with Gasteiger partial charge in [0.05, 0.1) is 18.0 Å². The van der Waals surface area contributed by atoms with Crippen molar-refractivity contribution in [1.29, 1.82) is 0 Å². The van der Waals surface area contributed by atoms with Crippen LogP contribution in [0.1, 0.15) is 29.5 Å². The number of hydrogen-bond donors (Lipinski definition) is 1. The quantitative estimate of drug-likeness (QED) is 0.599. The van der Waals surface area contributed by atoms with Crippen LogP contribution in [-0.4, -0.2) is 32.9 Å². The van der Waals surface area contributed by atoms with Gasteiger partial charge in [-0.05, 0) is 42.2 Å². The minimum absolute atomic E-state index is 0.0872. The van der Waals surface area contributed by atoms with Crippen LogP contribution in [-0.2, 0) is 10.0 Å². The number of nitrogens with one attached hydrogen (secondary N) is 1. The van der Waals surface area contributed by atoms with Gasteiger partial charge in [0.1, 0.15) is 5.75 Å². The van der Waals surface area contributed by atoms with Crippen molar-refractivity contribution < 1.29 is 13.2 Å². The number of benzene rings is 2. The average molecular weight is 437 g/mol. The smallest absolute Gasteiger partial charge is 0.243 e. The van der Waals surface area contributed by atoms with Crippen molar-refractivity contribution in [3.05, 3.63) is 91.1 Å². The number of allylic oxidation sites excluding steroid dienone is 2. The third-order valence-electron chi connectivity index (χ3n) is 6.11. The molecule has 5 nitrogen and oxygen atoms in total. The number of para-hydroxylation sites is 1. The summed E-state index contributed by atoms with van der Waals surface area (Å²) < 4.78 is 33.5. The fourth-order valence-corrected chi connectivity index (χ4v) is 6.09. The largest absolute Gasteiger partial charge is 0.496 e. The standard InChI is InChI=1S/C25H28N2O3S/c1-4-15-27(16-5-2)31(28,29)18-13-14-23-22(17-18)19-10-8-11-20(19)25(26-23)21-9-6-7-12-24(21)30-3/h4-10,12-14,17,19-20,25-26H,1-2,11,15-16H2,3H3. The summed E-state index contributed by atoms with van der Waals surface area (Å²) in [4.78, 5) is 0.298. The summed E-state index contributed by atoms with van der Waals surface area (Å²) in [5.74, 6) is 1.30. The molecule has 0 saturated carbocycles. The van der Waals surface area contributed by atoms with E-state index in [0.29, 0.717) is 10.8 Å². The van der Waals surface area contributed by atoms with Crippen molar-refractivity contribution in [1.82, 2.24) is 4.31 Å². The Morgan fingerprint density at radius 2 is 1.87 bits per heavy atom. The summed E-state index contributed by atoms with van der Waals surface area (Å²) in [7, 11) is -1.96. The Kier molecular flexibility index (Phi) is 6.03. The summed E-state index contributed by atoms with van der Waals surface area (Å²) in [6.45, 7) is 7.85. The number of rotatable bonds is 8. The first-order valence-electron chi connectivity index (χ1n) is 10.4. The van der Waals surface area contributed by atoms with E-state index < -0.39 is 10.0 Å². The van der Waals surface area contributed by atoms with Crippen molar-refractivity contribution >= 4 is 15.7 Å². The molecule has 3 atom stereocenters. The number of anilines is 1. The van der Waals surface area contributed by atoms with Crippen LogP contribution in [0.2, 0.25) is 0 Å². The maximum absolute atomic E-state index is 13.2. The molecule has 1 aliphatic heterocycles. The average Bonchev–Trinajstić information content (AvgIpc) is 3.28. The van der Waals surface area contributed by atoms with Gasteiger partial charge < -0.3 is 10.1 Å². The molecule has 1 N–H and O–H groups in total. The minimum Gasteiger partial charge on any atom is -0.496 e. The SMILES string of the molecule is C=CCN(CC=C)S(=O)(=O)c1ccc2c(c1)C1C=CCC1C(c1ccccc1OC)N2. The molecule has 3 unspecified atom stereocenters. The van der Waals surface area contributed by atoms with Gasteiger partial charge in [-0.2, -0.15) is 4.31 Å². The Morgan fingerprint density at radius 1 is 1.13 bits per heavy atom. The summed E-state index contributed by atoms with van der Waals surface area (Å²) in [6.07, 6.45) is 8.50. The third kappa shape index (κ3) is 3.82. The number of hydrogen-bond acceptors (Lipinski definition) is 4. The highest BCUT2D eigenvalue weighted by atomic mass is 32.2. The summed E-state index contributed by atoms with van der Waals surface area (Å²) in [6, 6.07) is 13.5. The lowest BCUT2D eigenvalue weighted by molar-refractivity contribution is 0.381. The first-order valence-corrected chi connectivity index (χ1v) is 11.9. The highest BCUT2D eigenvalue weighted by Crippen LogP contribution is 2.51. The summed E-state index contributed by atoms with van der Waals surface area (Å²) >= 11 is 0. The van der Waals surface area contributed by atoms with E-state index in [-0.39, 0.29) is 25.0 Å². The second-order valence-electron chi connectivity index (χ2n) is 7.87. The van der Waals surface area contributed by atoms with E-state index in [1.807, 2.05) is 30.3 Å². The number of ether oxygens (including phenoxy) is 1. The second kappa shape index (κ2) is 8.73. The van der Waals surface area contributed by atoms with Crippen molar-refractivity contribution in [3.63, 3.8) is 0 Å². The van der Waals surface area contributed by atoms with E-state index in [4.69, 9.17) is 4.74 Å². The van der Waals surface area contributed by atoms with Crippen LogP contribution in [0.3, 0.4) is 0 Å². The van der Waals surface area contributed by atoms with Gasteiger partial charge in [-0.3, -0.25) is 0 Å². The molecule has 1 heterocycles. The van der Waals surface area contributed by atoms with E-state index in [0.717, 1.165) is 29.0 Å². The van der Waals surface area contributed by atoms with Crippen molar-refractivity contribution in [2.45, 2.75) is 23.3 Å². The number of methoxy groups -OCH3 is 1. The molecular weight excluding hydrogens is 408 g/mol. The zero-order chi connectivity index (χ0) is 22.0. The van der Waals surface area contributed by atoms with Gasteiger partial charge in [0, 0.05) is 30.3 Å². The summed E-state index contributed by atoms with van der Waals surface area (Å²) in [5, 5.41) is 3.66. The molecule has 4 rings (SSSR count). The van der Waals surface area contributed by atoms with E-state index in [1.54, 1.807) is 25.3 Å². The van der Waals surface area contributed by atoms with Crippen LogP contribution in [0.15, 0.2) is 84.8 Å². The van der Waals surface area contributed by atoms with Gasteiger partial charge in [-0.1, -0.05) is 42.5 Å². The molecule has 162 valence electrons. The van der Waals surface area contributed by atoms with E-state index >= 15 is 0 Å². The maximum atomic E-state index is 13.2. The van der Waals surface area contributed by atoms with Gasteiger partial charge in [0.2, 0.25) is 10.0 Å². The first-order chi connectivity index (χ1) is 15.0. The zero-order valence-electron chi connectivity index (χ0n) is 17.7. The lowest BCUT2D eigenvalue weighted by atomic mass is 9.77. The number of sulfonamides is 1. The zero-order valence-corrected chi connectivity index (χ0v) is 18.5.